The minimum atomic E-state index is 0.413. The van der Waals surface area contributed by atoms with Crippen molar-refractivity contribution in [1.29, 1.82) is 0 Å². The third-order valence-corrected chi connectivity index (χ3v) is 3.47. The van der Waals surface area contributed by atoms with Gasteiger partial charge in [-0.15, -0.1) is 0 Å². The number of hydrogen-bond donors (Lipinski definition) is 2. The van der Waals surface area contributed by atoms with E-state index in [1.165, 1.54) is 6.42 Å². The van der Waals surface area contributed by atoms with Gasteiger partial charge in [-0.05, 0) is 18.3 Å². The smallest absolute Gasteiger partial charge is 0.0711 e. The summed E-state index contributed by atoms with van der Waals surface area (Å²) in [6, 6.07) is 0.586. The lowest BCUT2D eigenvalue weighted by atomic mass is 9.90. The number of hydrogen-bond acceptors (Lipinski definition) is 3. The van der Waals surface area contributed by atoms with Crippen LogP contribution < -0.4 is 10.6 Å². The van der Waals surface area contributed by atoms with Crippen LogP contribution >= 0.6 is 0 Å². The second-order valence-corrected chi connectivity index (χ2v) is 5.35. The highest BCUT2D eigenvalue weighted by molar-refractivity contribution is 4.84. The van der Waals surface area contributed by atoms with Crippen molar-refractivity contribution >= 4 is 0 Å². The molecule has 0 saturated carbocycles. The summed E-state index contributed by atoms with van der Waals surface area (Å²) in [5, 5.41) is 7.02. The lowest BCUT2D eigenvalue weighted by Gasteiger charge is -2.24. The standard InChI is InChI=1S/C12H26N2O/c1-5-12(2,3)9-13-7-10-6-11(15-4)8-14-10/h10-11,13-14H,5-9H2,1-4H3. The van der Waals surface area contributed by atoms with E-state index in [9.17, 15) is 0 Å². The molecule has 3 nitrogen and oxygen atoms in total. The maximum absolute atomic E-state index is 5.32. The Balaban J connectivity index is 2.11. The Morgan fingerprint density at radius 3 is 2.73 bits per heavy atom. The van der Waals surface area contributed by atoms with Crippen molar-refractivity contribution in [3.8, 4) is 0 Å². The van der Waals surface area contributed by atoms with E-state index < -0.39 is 0 Å². The normalized spacial score (nSPS) is 27.2. The van der Waals surface area contributed by atoms with E-state index in [1.54, 1.807) is 7.11 Å². The molecule has 0 amide bonds. The third kappa shape index (κ3) is 4.49. The van der Waals surface area contributed by atoms with Crippen molar-refractivity contribution in [3.63, 3.8) is 0 Å². The molecule has 1 rings (SSSR count). The molecule has 0 aromatic heterocycles. The molecule has 1 aliphatic rings. The Kier molecular flexibility index (Phi) is 5.03. The summed E-state index contributed by atoms with van der Waals surface area (Å²) < 4.78 is 5.32. The predicted octanol–water partition coefficient (Wildman–Crippen LogP) is 1.39. The molecule has 90 valence electrons. The van der Waals surface area contributed by atoms with Gasteiger partial charge in [0.25, 0.3) is 0 Å². The molecule has 2 unspecified atom stereocenters. The first-order valence-electron chi connectivity index (χ1n) is 6.04. The molecule has 0 bridgehead atoms. The Labute approximate surface area is 94.0 Å². The van der Waals surface area contributed by atoms with Gasteiger partial charge < -0.3 is 15.4 Å². The summed E-state index contributed by atoms with van der Waals surface area (Å²) >= 11 is 0. The van der Waals surface area contributed by atoms with Gasteiger partial charge in [-0.1, -0.05) is 20.8 Å². The fraction of sp³-hybridized carbons (Fsp3) is 1.00. The van der Waals surface area contributed by atoms with Crippen molar-refractivity contribution < 1.29 is 4.74 Å². The molecule has 1 aliphatic heterocycles. The van der Waals surface area contributed by atoms with Crippen LogP contribution in [-0.4, -0.2) is 38.9 Å². The van der Waals surface area contributed by atoms with Crippen LogP contribution in [0.25, 0.3) is 0 Å². The molecule has 0 radical (unpaired) electrons. The lowest BCUT2D eigenvalue weighted by molar-refractivity contribution is 0.117. The lowest BCUT2D eigenvalue weighted by Crippen LogP contribution is -2.38. The monoisotopic (exact) mass is 214 g/mol. The first-order valence-corrected chi connectivity index (χ1v) is 6.04. The number of ether oxygens (including phenoxy) is 1. The molecular weight excluding hydrogens is 188 g/mol. The molecular formula is C12H26N2O. The van der Waals surface area contributed by atoms with E-state index in [0.29, 0.717) is 17.6 Å². The Morgan fingerprint density at radius 2 is 2.20 bits per heavy atom. The summed E-state index contributed by atoms with van der Waals surface area (Å²) in [5.74, 6) is 0. The second kappa shape index (κ2) is 5.83. The van der Waals surface area contributed by atoms with Gasteiger partial charge in [0.05, 0.1) is 6.10 Å². The first-order chi connectivity index (χ1) is 7.07. The van der Waals surface area contributed by atoms with Gasteiger partial charge in [0.2, 0.25) is 0 Å². The summed E-state index contributed by atoms with van der Waals surface area (Å²) in [6.45, 7) is 10.0. The zero-order valence-electron chi connectivity index (χ0n) is 10.6. The van der Waals surface area contributed by atoms with Crippen LogP contribution in [0.15, 0.2) is 0 Å². The minimum absolute atomic E-state index is 0.413. The molecule has 2 N–H and O–H groups in total. The average molecular weight is 214 g/mol. The van der Waals surface area contributed by atoms with Gasteiger partial charge >= 0.3 is 0 Å². The maximum Gasteiger partial charge on any atom is 0.0711 e. The fourth-order valence-corrected chi connectivity index (χ4v) is 1.83. The van der Waals surface area contributed by atoms with Crippen molar-refractivity contribution in [1.82, 2.24) is 10.6 Å². The van der Waals surface area contributed by atoms with E-state index in [1.807, 2.05) is 0 Å². The highest BCUT2D eigenvalue weighted by Crippen LogP contribution is 2.17. The zero-order valence-corrected chi connectivity index (χ0v) is 10.6. The van der Waals surface area contributed by atoms with E-state index in [2.05, 4.69) is 31.4 Å². The Hall–Kier alpha value is -0.120. The number of methoxy groups -OCH3 is 1. The van der Waals surface area contributed by atoms with Crippen LogP contribution in [0, 0.1) is 5.41 Å². The van der Waals surface area contributed by atoms with Crippen LogP contribution in [0.3, 0.4) is 0 Å². The minimum Gasteiger partial charge on any atom is -0.380 e. The highest BCUT2D eigenvalue weighted by Gasteiger charge is 2.23. The van der Waals surface area contributed by atoms with Crippen LogP contribution in [0.4, 0.5) is 0 Å². The maximum atomic E-state index is 5.32. The van der Waals surface area contributed by atoms with Crippen LogP contribution in [0.1, 0.15) is 33.6 Å². The van der Waals surface area contributed by atoms with Crippen LogP contribution in [0.5, 0.6) is 0 Å². The van der Waals surface area contributed by atoms with E-state index in [4.69, 9.17) is 4.74 Å². The van der Waals surface area contributed by atoms with Gasteiger partial charge in [0.15, 0.2) is 0 Å². The van der Waals surface area contributed by atoms with Gasteiger partial charge in [-0.25, -0.2) is 0 Å². The predicted molar refractivity (Wildman–Crippen MR) is 64.1 cm³/mol. The number of rotatable bonds is 6. The average Bonchev–Trinajstić information content (AvgIpc) is 2.66. The summed E-state index contributed by atoms with van der Waals surface area (Å²) in [4.78, 5) is 0. The van der Waals surface area contributed by atoms with Crippen LogP contribution in [-0.2, 0) is 4.74 Å². The Bertz CT molecular complexity index is 182. The fourth-order valence-electron chi connectivity index (χ4n) is 1.83. The molecule has 0 aliphatic carbocycles. The van der Waals surface area contributed by atoms with Crippen molar-refractivity contribution in [2.45, 2.75) is 45.8 Å². The van der Waals surface area contributed by atoms with E-state index >= 15 is 0 Å². The molecule has 3 heteroatoms. The van der Waals surface area contributed by atoms with Gasteiger partial charge in [0, 0.05) is 32.8 Å². The third-order valence-electron chi connectivity index (χ3n) is 3.47. The largest absolute Gasteiger partial charge is 0.380 e. The summed E-state index contributed by atoms with van der Waals surface area (Å²) in [7, 11) is 1.79. The second-order valence-electron chi connectivity index (χ2n) is 5.35. The van der Waals surface area contributed by atoms with Gasteiger partial charge in [-0.3, -0.25) is 0 Å². The molecule has 15 heavy (non-hydrogen) atoms. The quantitative estimate of drug-likeness (QED) is 0.701. The highest BCUT2D eigenvalue weighted by atomic mass is 16.5. The SMILES string of the molecule is CCC(C)(C)CNCC1CC(OC)CN1. The molecule has 1 heterocycles. The van der Waals surface area contributed by atoms with Gasteiger partial charge in [0.1, 0.15) is 0 Å². The molecule has 2 atom stereocenters. The van der Waals surface area contributed by atoms with Gasteiger partial charge in [-0.2, -0.15) is 0 Å². The van der Waals surface area contributed by atoms with Crippen molar-refractivity contribution in [3.05, 3.63) is 0 Å². The molecule has 1 fully saturated rings. The first kappa shape index (κ1) is 12.9. The molecule has 0 spiro atoms. The van der Waals surface area contributed by atoms with Crippen molar-refractivity contribution in [2.75, 3.05) is 26.7 Å². The van der Waals surface area contributed by atoms with Crippen LogP contribution in [0.2, 0.25) is 0 Å². The molecule has 0 aromatic carbocycles. The number of nitrogens with one attached hydrogen (secondary N) is 2. The molecule has 1 saturated heterocycles. The topological polar surface area (TPSA) is 33.3 Å². The van der Waals surface area contributed by atoms with E-state index in [-0.39, 0.29) is 0 Å². The summed E-state index contributed by atoms with van der Waals surface area (Å²) in [6.07, 6.45) is 2.77. The Morgan fingerprint density at radius 1 is 1.47 bits per heavy atom. The molecule has 0 aromatic rings. The summed E-state index contributed by atoms with van der Waals surface area (Å²) in [5.41, 5.74) is 0.416. The van der Waals surface area contributed by atoms with E-state index in [0.717, 1.165) is 26.1 Å². The zero-order chi connectivity index (χ0) is 11.3. The van der Waals surface area contributed by atoms with Crippen molar-refractivity contribution in [2.24, 2.45) is 5.41 Å².